The van der Waals surface area contributed by atoms with Crippen LogP contribution in [0.25, 0.3) is 0 Å². The summed E-state index contributed by atoms with van der Waals surface area (Å²) in [6.07, 6.45) is 2.66. The van der Waals surface area contributed by atoms with Crippen molar-refractivity contribution >= 4 is 0 Å². The molecule has 3 heteroatoms. The fourth-order valence-corrected chi connectivity index (χ4v) is 2.00. The summed E-state index contributed by atoms with van der Waals surface area (Å²) < 4.78 is 5.65. The van der Waals surface area contributed by atoms with Gasteiger partial charge in [0.25, 0.3) is 0 Å². The lowest BCUT2D eigenvalue weighted by molar-refractivity contribution is 0.366. The van der Waals surface area contributed by atoms with Crippen LogP contribution in [0.15, 0.2) is 40.9 Å². The standard InChI is InChI=1S/C15H20N2O/c1-11(2)17-14(15-16-10-12(3)18-15)9-13-7-5-4-6-8-13/h4-8,10-11,14,17H,9H2,1-3H3. The quantitative estimate of drug-likeness (QED) is 0.877. The molecule has 0 amide bonds. The van der Waals surface area contributed by atoms with Crippen molar-refractivity contribution in [3.05, 3.63) is 53.7 Å². The van der Waals surface area contributed by atoms with E-state index in [9.17, 15) is 0 Å². The molecule has 1 N–H and O–H groups in total. The molecule has 0 spiro atoms. The van der Waals surface area contributed by atoms with Gasteiger partial charge >= 0.3 is 0 Å². The Morgan fingerprint density at radius 2 is 1.94 bits per heavy atom. The largest absolute Gasteiger partial charge is 0.444 e. The molecule has 0 aliphatic rings. The van der Waals surface area contributed by atoms with Crippen molar-refractivity contribution in [2.45, 2.75) is 39.3 Å². The number of benzene rings is 1. The summed E-state index contributed by atoms with van der Waals surface area (Å²) in [5.41, 5.74) is 1.28. The van der Waals surface area contributed by atoms with Gasteiger partial charge in [-0.1, -0.05) is 44.2 Å². The molecule has 2 aromatic rings. The van der Waals surface area contributed by atoms with Crippen molar-refractivity contribution in [3.8, 4) is 0 Å². The predicted octanol–water partition coefficient (Wildman–Crippen LogP) is 3.26. The van der Waals surface area contributed by atoms with Gasteiger partial charge in [0.2, 0.25) is 5.89 Å². The second-order valence-corrected chi connectivity index (χ2v) is 4.87. The summed E-state index contributed by atoms with van der Waals surface area (Å²) in [5, 5.41) is 3.50. The first-order valence-corrected chi connectivity index (χ1v) is 6.37. The van der Waals surface area contributed by atoms with Crippen molar-refractivity contribution < 1.29 is 4.42 Å². The third-order valence-electron chi connectivity index (χ3n) is 2.75. The van der Waals surface area contributed by atoms with Crippen molar-refractivity contribution in [1.29, 1.82) is 0 Å². The summed E-state index contributed by atoms with van der Waals surface area (Å²) in [7, 11) is 0. The van der Waals surface area contributed by atoms with Gasteiger partial charge in [-0.15, -0.1) is 0 Å². The van der Waals surface area contributed by atoms with E-state index in [4.69, 9.17) is 4.42 Å². The molecule has 96 valence electrons. The molecule has 0 fully saturated rings. The van der Waals surface area contributed by atoms with Crippen LogP contribution in [0.4, 0.5) is 0 Å². The van der Waals surface area contributed by atoms with Crippen LogP contribution in [0.1, 0.15) is 37.1 Å². The molecular weight excluding hydrogens is 224 g/mol. The predicted molar refractivity (Wildman–Crippen MR) is 72.4 cm³/mol. The normalized spacial score (nSPS) is 12.9. The highest BCUT2D eigenvalue weighted by atomic mass is 16.4. The van der Waals surface area contributed by atoms with Gasteiger partial charge in [0.15, 0.2) is 0 Å². The Morgan fingerprint density at radius 3 is 2.50 bits per heavy atom. The SMILES string of the molecule is Cc1cnc(C(Cc2ccccc2)NC(C)C)o1. The van der Waals surface area contributed by atoms with Gasteiger partial charge in [-0.2, -0.15) is 0 Å². The van der Waals surface area contributed by atoms with Crippen LogP contribution in [0, 0.1) is 6.92 Å². The molecule has 0 aliphatic heterocycles. The molecule has 1 aromatic carbocycles. The van der Waals surface area contributed by atoms with Gasteiger partial charge in [-0.05, 0) is 18.9 Å². The molecule has 0 saturated heterocycles. The molecule has 3 nitrogen and oxygen atoms in total. The Kier molecular flexibility index (Phi) is 4.15. The van der Waals surface area contributed by atoms with Gasteiger partial charge in [-0.3, -0.25) is 0 Å². The van der Waals surface area contributed by atoms with Crippen molar-refractivity contribution in [2.24, 2.45) is 0 Å². The van der Waals surface area contributed by atoms with E-state index in [0.29, 0.717) is 6.04 Å². The van der Waals surface area contributed by atoms with E-state index in [-0.39, 0.29) is 6.04 Å². The van der Waals surface area contributed by atoms with Gasteiger partial charge in [0, 0.05) is 6.04 Å². The number of aromatic nitrogens is 1. The zero-order valence-electron chi connectivity index (χ0n) is 11.2. The van der Waals surface area contributed by atoms with Gasteiger partial charge < -0.3 is 9.73 Å². The second-order valence-electron chi connectivity index (χ2n) is 4.87. The van der Waals surface area contributed by atoms with E-state index in [2.05, 4.69) is 48.4 Å². The van der Waals surface area contributed by atoms with Crippen molar-refractivity contribution in [2.75, 3.05) is 0 Å². The Hall–Kier alpha value is -1.61. The van der Waals surface area contributed by atoms with E-state index < -0.39 is 0 Å². The monoisotopic (exact) mass is 244 g/mol. The number of hydrogen-bond acceptors (Lipinski definition) is 3. The van der Waals surface area contributed by atoms with Crippen LogP contribution in [0.3, 0.4) is 0 Å². The fraction of sp³-hybridized carbons (Fsp3) is 0.400. The molecule has 0 aliphatic carbocycles. The van der Waals surface area contributed by atoms with Gasteiger partial charge in [-0.25, -0.2) is 4.98 Å². The molecule has 1 aromatic heterocycles. The lowest BCUT2D eigenvalue weighted by Crippen LogP contribution is -2.29. The maximum atomic E-state index is 5.65. The minimum Gasteiger partial charge on any atom is -0.444 e. The molecule has 1 atom stereocenters. The molecular formula is C15H20N2O. The minimum absolute atomic E-state index is 0.126. The zero-order valence-corrected chi connectivity index (χ0v) is 11.2. The Morgan fingerprint density at radius 1 is 1.22 bits per heavy atom. The number of nitrogens with one attached hydrogen (secondary N) is 1. The average Bonchev–Trinajstić information content (AvgIpc) is 2.76. The highest BCUT2D eigenvalue weighted by molar-refractivity contribution is 5.17. The smallest absolute Gasteiger partial charge is 0.211 e. The fourth-order valence-electron chi connectivity index (χ4n) is 2.00. The van der Waals surface area contributed by atoms with E-state index in [1.807, 2.05) is 13.0 Å². The van der Waals surface area contributed by atoms with E-state index in [1.54, 1.807) is 6.20 Å². The number of aryl methyl sites for hydroxylation is 1. The molecule has 2 rings (SSSR count). The number of oxazole rings is 1. The highest BCUT2D eigenvalue weighted by Gasteiger charge is 2.18. The Balaban J connectivity index is 2.15. The average molecular weight is 244 g/mol. The molecule has 18 heavy (non-hydrogen) atoms. The lowest BCUT2D eigenvalue weighted by Gasteiger charge is -2.18. The van der Waals surface area contributed by atoms with E-state index >= 15 is 0 Å². The maximum absolute atomic E-state index is 5.65. The van der Waals surface area contributed by atoms with Gasteiger partial charge in [0.05, 0.1) is 12.2 Å². The van der Waals surface area contributed by atoms with Crippen molar-refractivity contribution in [1.82, 2.24) is 10.3 Å². The summed E-state index contributed by atoms with van der Waals surface area (Å²) >= 11 is 0. The second kappa shape index (κ2) is 5.83. The van der Waals surface area contributed by atoms with Crippen LogP contribution < -0.4 is 5.32 Å². The van der Waals surface area contributed by atoms with Crippen LogP contribution in [-0.2, 0) is 6.42 Å². The number of nitrogens with zero attached hydrogens (tertiary/aromatic N) is 1. The molecule has 1 heterocycles. The first kappa shape index (κ1) is 12.8. The van der Waals surface area contributed by atoms with Crippen LogP contribution in [-0.4, -0.2) is 11.0 Å². The lowest BCUT2D eigenvalue weighted by atomic mass is 10.1. The summed E-state index contributed by atoms with van der Waals surface area (Å²) in [6.45, 7) is 6.19. The highest BCUT2D eigenvalue weighted by Crippen LogP contribution is 2.19. The molecule has 1 unspecified atom stereocenters. The molecule has 0 saturated carbocycles. The van der Waals surface area contributed by atoms with Crippen LogP contribution in [0.2, 0.25) is 0 Å². The van der Waals surface area contributed by atoms with Gasteiger partial charge in [0.1, 0.15) is 5.76 Å². The first-order chi connectivity index (χ1) is 8.65. The van der Waals surface area contributed by atoms with Crippen LogP contribution in [0.5, 0.6) is 0 Å². The van der Waals surface area contributed by atoms with E-state index in [0.717, 1.165) is 18.1 Å². The Labute approximate surface area is 108 Å². The summed E-state index contributed by atoms with van der Waals surface area (Å²) in [4.78, 5) is 4.34. The third-order valence-corrected chi connectivity index (χ3v) is 2.75. The topological polar surface area (TPSA) is 38.1 Å². The summed E-state index contributed by atoms with van der Waals surface area (Å²) in [6, 6.07) is 10.9. The number of rotatable bonds is 5. The Bertz CT molecular complexity index is 476. The number of hydrogen-bond donors (Lipinski definition) is 1. The maximum Gasteiger partial charge on any atom is 0.211 e. The van der Waals surface area contributed by atoms with E-state index in [1.165, 1.54) is 5.56 Å². The van der Waals surface area contributed by atoms with Crippen LogP contribution >= 0.6 is 0 Å². The molecule has 0 radical (unpaired) electrons. The first-order valence-electron chi connectivity index (χ1n) is 6.37. The summed E-state index contributed by atoms with van der Waals surface area (Å²) in [5.74, 6) is 1.62. The van der Waals surface area contributed by atoms with Crippen molar-refractivity contribution in [3.63, 3.8) is 0 Å². The zero-order chi connectivity index (χ0) is 13.0. The minimum atomic E-state index is 0.126. The molecule has 0 bridgehead atoms. The third kappa shape index (κ3) is 3.44.